The molecule has 4 heterocycles. The molecule has 2 N–H and O–H groups in total. The Labute approximate surface area is 171 Å². The van der Waals surface area contributed by atoms with Crippen LogP contribution in [0.4, 0.5) is 8.78 Å². The quantitative estimate of drug-likeness (QED) is 0.685. The van der Waals surface area contributed by atoms with Gasteiger partial charge in [0, 0.05) is 36.7 Å². The fraction of sp³-hybridized carbons (Fsp3) is 0.286. The van der Waals surface area contributed by atoms with Crippen LogP contribution in [0.25, 0.3) is 16.9 Å². The highest BCUT2D eigenvalue weighted by Crippen LogP contribution is 2.35. The Morgan fingerprint density at radius 1 is 1.07 bits per heavy atom. The van der Waals surface area contributed by atoms with Crippen LogP contribution >= 0.6 is 0 Å². The van der Waals surface area contributed by atoms with E-state index in [1.807, 2.05) is 25.3 Å². The Bertz CT molecular complexity index is 1110. The minimum Gasteiger partial charge on any atom is -0.507 e. The van der Waals surface area contributed by atoms with Gasteiger partial charge >= 0.3 is 0 Å². The molecule has 2 unspecified atom stereocenters. The second kappa shape index (κ2) is 7.17. The Hall–Kier alpha value is -3.33. The number of phenolic OH excluding ortho intramolecular Hbond substituents is 1. The van der Waals surface area contributed by atoms with Crippen LogP contribution < -0.4 is 10.1 Å². The van der Waals surface area contributed by atoms with Crippen molar-refractivity contribution in [2.75, 3.05) is 0 Å². The predicted molar refractivity (Wildman–Crippen MR) is 105 cm³/mol. The van der Waals surface area contributed by atoms with Gasteiger partial charge in [-0.1, -0.05) is 0 Å². The summed E-state index contributed by atoms with van der Waals surface area (Å²) in [5, 5.41) is 25.8. The van der Waals surface area contributed by atoms with E-state index in [1.54, 1.807) is 28.9 Å². The highest BCUT2D eigenvalue weighted by molar-refractivity contribution is 5.68. The first-order valence-electron chi connectivity index (χ1n) is 9.65. The second-order valence-electron chi connectivity index (χ2n) is 7.54. The third kappa shape index (κ3) is 3.30. The first-order chi connectivity index (χ1) is 14.5. The molecule has 9 heteroatoms. The van der Waals surface area contributed by atoms with Gasteiger partial charge < -0.3 is 9.84 Å². The molecule has 154 valence electrons. The standard InChI is InChI=1S/C21H19F2N5O2/c1-11-6-7-28(27-11)12-2-3-14(18(29)8-12)15-4-5-19(26-25-15)30-13-9-16-20(22)21(23)17(10-13)24-16/h2-8,13,16-17,24,29H,9-10H2,1H3. The lowest BCUT2D eigenvalue weighted by molar-refractivity contribution is 0.127. The molecular formula is C21H19F2N5O2. The number of benzene rings is 1. The van der Waals surface area contributed by atoms with Crippen molar-refractivity contribution < 1.29 is 18.6 Å². The zero-order chi connectivity index (χ0) is 20.8. The zero-order valence-electron chi connectivity index (χ0n) is 16.1. The van der Waals surface area contributed by atoms with Gasteiger partial charge in [0.15, 0.2) is 0 Å². The minimum absolute atomic E-state index is 0.0515. The Balaban J connectivity index is 1.30. The molecule has 2 aliphatic heterocycles. The van der Waals surface area contributed by atoms with E-state index in [4.69, 9.17) is 4.74 Å². The van der Waals surface area contributed by atoms with Crippen LogP contribution in [0.1, 0.15) is 18.5 Å². The van der Waals surface area contributed by atoms with Gasteiger partial charge in [0.2, 0.25) is 5.88 Å². The van der Waals surface area contributed by atoms with Gasteiger partial charge in [0.1, 0.15) is 23.5 Å². The summed E-state index contributed by atoms with van der Waals surface area (Å²) in [5.41, 5.74) is 2.61. The predicted octanol–water partition coefficient (Wildman–Crippen LogP) is 3.38. The molecule has 0 amide bonds. The number of fused-ring (bicyclic) bond motifs is 2. The summed E-state index contributed by atoms with van der Waals surface area (Å²) in [6.07, 6.45) is 2.11. The maximum Gasteiger partial charge on any atom is 0.233 e. The van der Waals surface area contributed by atoms with Gasteiger partial charge in [-0.3, -0.25) is 5.32 Å². The fourth-order valence-electron chi connectivity index (χ4n) is 3.92. The van der Waals surface area contributed by atoms with Crippen LogP contribution in [0, 0.1) is 6.92 Å². The molecule has 0 radical (unpaired) electrons. The van der Waals surface area contributed by atoms with E-state index in [0.29, 0.717) is 24.1 Å². The normalized spacial score (nSPS) is 23.1. The Morgan fingerprint density at radius 3 is 2.43 bits per heavy atom. The van der Waals surface area contributed by atoms with Crippen molar-refractivity contribution >= 4 is 0 Å². The van der Waals surface area contributed by atoms with Gasteiger partial charge in [-0.2, -0.15) is 5.10 Å². The number of nitrogens with zero attached hydrogens (tertiary/aromatic N) is 4. The summed E-state index contributed by atoms with van der Waals surface area (Å²) in [6, 6.07) is 9.09. The lowest BCUT2D eigenvalue weighted by Gasteiger charge is -2.28. The molecule has 7 nitrogen and oxygen atoms in total. The number of nitrogens with one attached hydrogen (secondary N) is 1. The molecule has 2 aromatic heterocycles. The molecule has 3 aromatic rings. The van der Waals surface area contributed by atoms with Crippen molar-refractivity contribution in [2.45, 2.75) is 38.0 Å². The molecule has 30 heavy (non-hydrogen) atoms. The van der Waals surface area contributed by atoms with Crippen molar-refractivity contribution in [3.63, 3.8) is 0 Å². The average molecular weight is 411 g/mol. The number of aryl methyl sites for hydroxylation is 1. The third-order valence-corrected chi connectivity index (χ3v) is 5.41. The SMILES string of the molecule is Cc1ccn(-c2ccc(-c3ccc(OC4CC5NC(C4)C(F)=C5F)nn3)c(O)c2)n1. The highest BCUT2D eigenvalue weighted by Gasteiger charge is 2.42. The monoisotopic (exact) mass is 411 g/mol. The molecule has 5 rings (SSSR count). The molecule has 1 aromatic carbocycles. The molecule has 2 aliphatic rings. The number of phenols is 1. The first kappa shape index (κ1) is 18.7. The summed E-state index contributed by atoms with van der Waals surface area (Å²) in [6.45, 7) is 1.89. The van der Waals surface area contributed by atoms with E-state index < -0.39 is 23.7 Å². The number of halogens is 2. The van der Waals surface area contributed by atoms with Crippen LogP contribution in [0.15, 0.2) is 54.2 Å². The average Bonchev–Trinajstić information content (AvgIpc) is 3.26. The number of hydrogen-bond acceptors (Lipinski definition) is 6. The summed E-state index contributed by atoms with van der Waals surface area (Å²) < 4.78 is 34.9. The van der Waals surface area contributed by atoms with Crippen LogP contribution in [0.2, 0.25) is 0 Å². The summed E-state index contributed by atoms with van der Waals surface area (Å²) in [5.74, 6) is -1.13. The number of aromatic hydroxyl groups is 1. The lowest BCUT2D eigenvalue weighted by atomic mass is 10.0. The van der Waals surface area contributed by atoms with Crippen molar-refractivity contribution in [3.8, 4) is 28.6 Å². The van der Waals surface area contributed by atoms with Crippen LogP contribution in [0.5, 0.6) is 11.6 Å². The largest absolute Gasteiger partial charge is 0.507 e. The maximum absolute atomic E-state index is 13.7. The van der Waals surface area contributed by atoms with Crippen molar-refractivity contribution in [1.82, 2.24) is 25.3 Å². The fourth-order valence-corrected chi connectivity index (χ4v) is 3.92. The maximum atomic E-state index is 13.7. The number of aromatic nitrogens is 4. The second-order valence-corrected chi connectivity index (χ2v) is 7.54. The Morgan fingerprint density at radius 2 is 1.83 bits per heavy atom. The zero-order valence-corrected chi connectivity index (χ0v) is 16.1. The summed E-state index contributed by atoms with van der Waals surface area (Å²) in [4.78, 5) is 0. The molecule has 0 saturated carbocycles. The molecule has 0 aliphatic carbocycles. The van der Waals surface area contributed by atoms with Crippen LogP contribution in [-0.2, 0) is 0 Å². The Kier molecular flexibility index (Phi) is 4.47. The lowest BCUT2D eigenvalue weighted by Crippen LogP contribution is -2.44. The molecular weight excluding hydrogens is 392 g/mol. The van der Waals surface area contributed by atoms with Crippen molar-refractivity contribution in [2.24, 2.45) is 0 Å². The molecule has 2 atom stereocenters. The van der Waals surface area contributed by atoms with Gasteiger partial charge in [-0.05, 0) is 31.2 Å². The topological polar surface area (TPSA) is 85.1 Å². The van der Waals surface area contributed by atoms with Crippen molar-refractivity contribution in [1.29, 1.82) is 0 Å². The van der Waals surface area contributed by atoms with E-state index in [0.717, 1.165) is 11.4 Å². The minimum atomic E-state index is -0.725. The van der Waals surface area contributed by atoms with E-state index >= 15 is 0 Å². The van der Waals surface area contributed by atoms with E-state index in [1.165, 1.54) is 0 Å². The summed E-state index contributed by atoms with van der Waals surface area (Å²) >= 11 is 0. The molecule has 0 spiro atoms. The van der Waals surface area contributed by atoms with E-state index in [9.17, 15) is 13.9 Å². The first-order valence-corrected chi connectivity index (χ1v) is 9.65. The summed E-state index contributed by atoms with van der Waals surface area (Å²) in [7, 11) is 0. The number of piperidine rings is 1. The number of rotatable bonds is 4. The molecule has 2 bridgehead atoms. The van der Waals surface area contributed by atoms with Gasteiger partial charge in [0.05, 0.1) is 29.2 Å². The number of hydrogen-bond donors (Lipinski definition) is 2. The van der Waals surface area contributed by atoms with Crippen LogP contribution in [0.3, 0.4) is 0 Å². The number of ether oxygens (including phenoxy) is 1. The van der Waals surface area contributed by atoms with E-state index in [-0.39, 0.29) is 17.7 Å². The smallest absolute Gasteiger partial charge is 0.233 e. The van der Waals surface area contributed by atoms with E-state index in [2.05, 4.69) is 20.6 Å². The molecule has 1 fully saturated rings. The van der Waals surface area contributed by atoms with Gasteiger partial charge in [0.25, 0.3) is 0 Å². The van der Waals surface area contributed by atoms with Gasteiger partial charge in [-0.15, -0.1) is 10.2 Å². The van der Waals surface area contributed by atoms with Gasteiger partial charge in [-0.25, -0.2) is 13.5 Å². The third-order valence-electron chi connectivity index (χ3n) is 5.41. The van der Waals surface area contributed by atoms with Crippen molar-refractivity contribution in [3.05, 3.63) is 59.9 Å². The highest BCUT2D eigenvalue weighted by atomic mass is 19.2. The van der Waals surface area contributed by atoms with Crippen LogP contribution in [-0.4, -0.2) is 43.3 Å². The molecule has 1 saturated heterocycles.